The van der Waals surface area contributed by atoms with Crippen LogP contribution in [0.4, 0.5) is 0 Å². The molecule has 0 saturated carbocycles. The highest BCUT2D eigenvalue weighted by Gasteiger charge is 2.52. The van der Waals surface area contributed by atoms with E-state index in [1.165, 1.54) is 24.3 Å². The molecule has 0 spiro atoms. The van der Waals surface area contributed by atoms with Crippen LogP contribution in [-0.2, 0) is 25.5 Å². The lowest BCUT2D eigenvalue weighted by atomic mass is 9.82. The van der Waals surface area contributed by atoms with Crippen LogP contribution in [0, 0.1) is 11.8 Å². The predicted octanol–water partition coefficient (Wildman–Crippen LogP) is 4.58. The summed E-state index contributed by atoms with van der Waals surface area (Å²) in [5, 5.41) is 0. The smallest absolute Gasteiger partial charge is 0.343 e. The fourth-order valence-corrected chi connectivity index (χ4v) is 5.25. The first kappa shape index (κ1) is 27.7. The minimum absolute atomic E-state index is 0.0820. The minimum Gasteiger partial charge on any atom is -0.456 e. The molecule has 2 amide bonds. The van der Waals surface area contributed by atoms with Crippen LogP contribution in [0.15, 0.2) is 96.6 Å². The van der Waals surface area contributed by atoms with Crippen molar-refractivity contribution in [3.63, 3.8) is 0 Å². The molecule has 2 aliphatic rings. The van der Waals surface area contributed by atoms with Gasteiger partial charge >= 0.3 is 11.9 Å². The van der Waals surface area contributed by atoms with Crippen molar-refractivity contribution in [1.82, 2.24) is 4.90 Å². The number of ether oxygens (including phenoxy) is 2. The van der Waals surface area contributed by atoms with Crippen molar-refractivity contribution in [2.24, 2.45) is 11.8 Å². The number of carbonyl (C=O) groups is 5. The van der Waals surface area contributed by atoms with Gasteiger partial charge in [0.2, 0.25) is 11.8 Å². The molecule has 0 N–H and O–H groups in total. The van der Waals surface area contributed by atoms with E-state index in [2.05, 4.69) is 0 Å². The van der Waals surface area contributed by atoms with Crippen molar-refractivity contribution in [3.05, 3.63) is 113 Å². The molecule has 3 aromatic rings. The van der Waals surface area contributed by atoms with E-state index in [0.717, 1.165) is 16.0 Å². The van der Waals surface area contributed by atoms with E-state index in [0.29, 0.717) is 18.4 Å². The van der Waals surface area contributed by atoms with Gasteiger partial charge in [-0.2, -0.15) is 0 Å². The number of esters is 2. The molecule has 0 aromatic heterocycles. The summed E-state index contributed by atoms with van der Waals surface area (Å²) in [4.78, 5) is 66.2. The maximum absolute atomic E-state index is 13.4. The van der Waals surface area contributed by atoms with Gasteiger partial charge in [-0.1, -0.05) is 60.2 Å². The van der Waals surface area contributed by atoms with Gasteiger partial charge in [-0.25, -0.2) is 9.59 Å². The number of imide groups is 1. The summed E-state index contributed by atoms with van der Waals surface area (Å²) >= 11 is 0. The summed E-state index contributed by atoms with van der Waals surface area (Å²) in [5.74, 6) is -3.31. The predicted molar refractivity (Wildman–Crippen MR) is 149 cm³/mol. The van der Waals surface area contributed by atoms with Crippen LogP contribution in [0.2, 0.25) is 0 Å². The van der Waals surface area contributed by atoms with Gasteiger partial charge in [0, 0.05) is 12.0 Å². The topological polar surface area (TPSA) is 107 Å². The number of benzene rings is 3. The Kier molecular flexibility index (Phi) is 8.19. The van der Waals surface area contributed by atoms with Crippen molar-refractivity contribution in [1.29, 1.82) is 0 Å². The van der Waals surface area contributed by atoms with Crippen LogP contribution in [0.1, 0.15) is 46.0 Å². The normalized spacial score (nSPS) is 18.8. The first-order valence-corrected chi connectivity index (χ1v) is 13.5. The third-order valence-electron chi connectivity index (χ3n) is 7.45. The Morgan fingerprint density at radius 3 is 2.15 bits per heavy atom. The van der Waals surface area contributed by atoms with Gasteiger partial charge in [-0.05, 0) is 61.7 Å². The molecule has 0 bridgehead atoms. The largest absolute Gasteiger partial charge is 0.456 e. The summed E-state index contributed by atoms with van der Waals surface area (Å²) in [7, 11) is 0. The van der Waals surface area contributed by atoms with Crippen LogP contribution in [0.5, 0.6) is 5.75 Å². The number of Topliss-reactive ketones (excluding diaryl/α,β-unsaturated/α-hetero) is 1. The van der Waals surface area contributed by atoms with E-state index >= 15 is 0 Å². The third-order valence-corrected chi connectivity index (χ3v) is 7.45. The number of hydrogen-bond donors (Lipinski definition) is 0. The fraction of sp³-hybridized carbons (Fsp3) is 0.242. The van der Waals surface area contributed by atoms with Crippen LogP contribution in [0.3, 0.4) is 0 Å². The van der Waals surface area contributed by atoms with Crippen molar-refractivity contribution in [3.8, 4) is 5.75 Å². The van der Waals surface area contributed by atoms with Crippen molar-refractivity contribution in [2.45, 2.75) is 32.2 Å². The molecule has 208 valence electrons. The molecule has 3 unspecified atom stereocenters. The highest BCUT2D eigenvalue weighted by molar-refractivity contribution is 6.08. The highest BCUT2D eigenvalue weighted by Crippen LogP contribution is 2.39. The lowest BCUT2D eigenvalue weighted by molar-refractivity contribution is -0.158. The van der Waals surface area contributed by atoms with Gasteiger partial charge in [0.05, 0.1) is 17.4 Å². The molecule has 3 atom stereocenters. The molecule has 8 heteroatoms. The lowest BCUT2D eigenvalue weighted by Crippen LogP contribution is -2.48. The summed E-state index contributed by atoms with van der Waals surface area (Å²) < 4.78 is 10.7. The van der Waals surface area contributed by atoms with Gasteiger partial charge in [-0.3, -0.25) is 19.3 Å². The molecular weight excluding hydrogens is 522 g/mol. The second-order valence-corrected chi connectivity index (χ2v) is 10.3. The first-order valence-electron chi connectivity index (χ1n) is 13.5. The Bertz CT molecular complexity index is 1500. The van der Waals surface area contributed by atoms with Gasteiger partial charge in [0.15, 0.2) is 12.4 Å². The number of hydrogen-bond acceptors (Lipinski definition) is 7. The molecule has 1 fully saturated rings. The fourth-order valence-electron chi connectivity index (χ4n) is 5.25. The van der Waals surface area contributed by atoms with Gasteiger partial charge < -0.3 is 9.47 Å². The van der Waals surface area contributed by atoms with E-state index in [1.807, 2.05) is 31.2 Å². The molecule has 41 heavy (non-hydrogen) atoms. The van der Waals surface area contributed by atoms with Crippen LogP contribution in [-0.4, -0.2) is 47.1 Å². The Morgan fingerprint density at radius 1 is 0.829 bits per heavy atom. The van der Waals surface area contributed by atoms with E-state index in [4.69, 9.17) is 9.47 Å². The second kappa shape index (κ2) is 12.1. The summed E-state index contributed by atoms with van der Waals surface area (Å²) in [6.07, 6.45) is 2.99. The van der Waals surface area contributed by atoms with Crippen molar-refractivity contribution in [2.75, 3.05) is 6.61 Å². The molecule has 1 aliphatic carbocycles. The number of rotatable bonds is 9. The Balaban J connectivity index is 1.26. The average molecular weight is 552 g/mol. The molecule has 1 heterocycles. The van der Waals surface area contributed by atoms with E-state index < -0.39 is 42.2 Å². The van der Waals surface area contributed by atoms with E-state index in [-0.39, 0.29) is 29.5 Å². The summed E-state index contributed by atoms with van der Waals surface area (Å²) in [6, 6.07) is 22.3. The molecule has 5 rings (SSSR count). The van der Waals surface area contributed by atoms with E-state index in [9.17, 15) is 24.0 Å². The zero-order chi connectivity index (χ0) is 28.9. The monoisotopic (exact) mass is 551 g/mol. The highest BCUT2D eigenvalue weighted by atomic mass is 16.5. The molecule has 0 radical (unpaired) electrons. The van der Waals surface area contributed by atoms with Gasteiger partial charge in [0.1, 0.15) is 11.8 Å². The number of fused-ring (bicyclic) bond motifs is 1. The number of carbonyl (C=O) groups excluding carboxylic acids is 5. The molecular formula is C33H29NO7. The quantitative estimate of drug-likeness (QED) is 0.126. The van der Waals surface area contributed by atoms with E-state index in [1.54, 1.807) is 42.5 Å². The summed E-state index contributed by atoms with van der Waals surface area (Å²) in [5.41, 5.74) is 2.44. The number of likely N-dealkylation sites (tertiary alicyclic amines) is 1. The second-order valence-electron chi connectivity index (χ2n) is 10.3. The molecule has 3 aromatic carbocycles. The van der Waals surface area contributed by atoms with Crippen LogP contribution in [0.25, 0.3) is 0 Å². The van der Waals surface area contributed by atoms with Crippen molar-refractivity contribution < 1.29 is 33.4 Å². The number of ketones is 1. The average Bonchev–Trinajstić information content (AvgIpc) is 3.24. The van der Waals surface area contributed by atoms with Gasteiger partial charge in [-0.15, -0.1) is 0 Å². The first-order chi connectivity index (χ1) is 19.8. The Morgan fingerprint density at radius 2 is 1.46 bits per heavy atom. The lowest BCUT2D eigenvalue weighted by Gasteiger charge is -2.25. The number of allylic oxidation sites excluding steroid dienone is 2. The maximum atomic E-state index is 13.4. The van der Waals surface area contributed by atoms with Gasteiger partial charge in [0.25, 0.3) is 0 Å². The Labute approximate surface area is 237 Å². The zero-order valence-electron chi connectivity index (χ0n) is 22.5. The zero-order valence-corrected chi connectivity index (χ0v) is 22.5. The SMILES string of the molecule is CC1=CCC2C(=O)N(C(Cc3ccccc3)C(=O)OCC(=O)c3ccc(OC(=O)c4ccccc4)cc3)C(=O)C2C1. The Hall–Kier alpha value is -4.85. The minimum atomic E-state index is -1.18. The summed E-state index contributed by atoms with van der Waals surface area (Å²) in [6.45, 7) is 1.36. The molecule has 1 aliphatic heterocycles. The standard InChI is InChI=1S/C33H29NO7/c1-21-12-17-26-27(18-21)31(37)34(30(26)36)28(19-22-8-4-2-5-9-22)33(39)40-20-29(35)23-13-15-25(16-14-23)41-32(38)24-10-6-3-7-11-24/h2-16,26-28H,17-20H2,1H3. The van der Waals surface area contributed by atoms with Crippen LogP contribution >= 0.6 is 0 Å². The number of amides is 2. The number of nitrogens with zero attached hydrogens (tertiary/aromatic N) is 1. The maximum Gasteiger partial charge on any atom is 0.343 e. The van der Waals surface area contributed by atoms with Crippen LogP contribution < -0.4 is 4.74 Å². The van der Waals surface area contributed by atoms with Crippen molar-refractivity contribution >= 4 is 29.5 Å². The molecule has 8 nitrogen and oxygen atoms in total. The third kappa shape index (κ3) is 6.17. The molecule has 1 saturated heterocycles.